The van der Waals surface area contributed by atoms with Gasteiger partial charge in [-0.15, -0.1) is 0 Å². The molecule has 1 N–H and O–H groups in total. The van der Waals surface area contributed by atoms with Crippen LogP contribution in [0, 0.1) is 18.7 Å². The number of carbonyl (C=O) groups excluding carboxylic acids is 1. The molecule has 7 nitrogen and oxygen atoms in total. The lowest BCUT2D eigenvalue weighted by Crippen LogP contribution is -2.38. The zero-order valence-electron chi connectivity index (χ0n) is 17.8. The van der Waals surface area contributed by atoms with E-state index in [2.05, 4.69) is 24.8 Å². The molecule has 0 unspecified atom stereocenters. The second kappa shape index (κ2) is 8.24. The summed E-state index contributed by atoms with van der Waals surface area (Å²) in [6.45, 7) is 4.13. The van der Waals surface area contributed by atoms with Crippen molar-refractivity contribution in [2.24, 2.45) is 5.92 Å². The van der Waals surface area contributed by atoms with E-state index in [0.29, 0.717) is 11.3 Å². The molecule has 4 heterocycles. The van der Waals surface area contributed by atoms with Crippen LogP contribution in [0.3, 0.4) is 0 Å². The van der Waals surface area contributed by atoms with Gasteiger partial charge < -0.3 is 14.8 Å². The van der Waals surface area contributed by atoms with Crippen molar-refractivity contribution in [1.82, 2.24) is 19.5 Å². The van der Waals surface area contributed by atoms with Crippen molar-refractivity contribution < 1.29 is 9.18 Å². The summed E-state index contributed by atoms with van der Waals surface area (Å²) in [4.78, 5) is 28.9. The average molecular weight is 423 g/mol. The predicted octanol–water partition coefficient (Wildman–Crippen LogP) is 3.86. The van der Waals surface area contributed by atoms with Gasteiger partial charge in [-0.3, -0.25) is 4.79 Å². The van der Waals surface area contributed by atoms with Gasteiger partial charge in [0.25, 0.3) is 0 Å². The Morgan fingerprint density at radius 2 is 1.97 bits per heavy atom. The van der Waals surface area contributed by atoms with Crippen molar-refractivity contribution in [3.63, 3.8) is 0 Å². The number of anilines is 2. The van der Waals surface area contributed by atoms with Crippen LogP contribution in [0.15, 0.2) is 24.5 Å². The first kappa shape index (κ1) is 19.9. The van der Waals surface area contributed by atoms with Gasteiger partial charge in [0.2, 0.25) is 5.91 Å². The fourth-order valence-corrected chi connectivity index (χ4v) is 4.63. The lowest BCUT2D eigenvalue weighted by Gasteiger charge is -2.32. The van der Waals surface area contributed by atoms with Crippen LogP contribution in [-0.2, 0) is 17.8 Å². The van der Waals surface area contributed by atoms with Crippen LogP contribution in [-0.4, -0.2) is 38.5 Å². The number of benzene rings is 1. The van der Waals surface area contributed by atoms with Gasteiger partial charge in [-0.2, -0.15) is 0 Å². The van der Waals surface area contributed by atoms with Gasteiger partial charge in [-0.1, -0.05) is 12.5 Å². The first-order chi connectivity index (χ1) is 15.1. The molecule has 31 heavy (non-hydrogen) atoms. The summed E-state index contributed by atoms with van der Waals surface area (Å²) in [5.74, 6) is 1.51. The SMILES string of the molecule is Cc1ccc(NC(=O)C2CCN(c3ncnc4c3nc3n4CCCCC3)CC2)cc1F. The van der Waals surface area contributed by atoms with Gasteiger partial charge in [0, 0.05) is 37.7 Å². The molecule has 2 aliphatic rings. The van der Waals surface area contributed by atoms with Gasteiger partial charge in [0.1, 0.15) is 18.0 Å². The third-order valence-electron chi connectivity index (χ3n) is 6.48. The number of imidazole rings is 1. The predicted molar refractivity (Wildman–Crippen MR) is 118 cm³/mol. The molecule has 0 aliphatic carbocycles. The van der Waals surface area contributed by atoms with E-state index in [1.165, 1.54) is 12.5 Å². The molecule has 8 heteroatoms. The molecule has 162 valence electrons. The van der Waals surface area contributed by atoms with Crippen molar-refractivity contribution in [3.8, 4) is 0 Å². The fraction of sp³-hybridized carbons (Fsp3) is 0.478. The Kier molecular flexibility index (Phi) is 5.29. The van der Waals surface area contributed by atoms with E-state index in [0.717, 1.165) is 74.5 Å². The topological polar surface area (TPSA) is 75.9 Å². The Balaban J connectivity index is 1.29. The lowest BCUT2D eigenvalue weighted by atomic mass is 9.95. The van der Waals surface area contributed by atoms with Crippen LogP contribution in [0.2, 0.25) is 0 Å². The Morgan fingerprint density at radius 3 is 2.77 bits per heavy atom. The van der Waals surface area contributed by atoms with E-state index in [4.69, 9.17) is 4.98 Å². The fourth-order valence-electron chi connectivity index (χ4n) is 4.63. The maximum absolute atomic E-state index is 13.8. The molecule has 1 amide bonds. The third-order valence-corrected chi connectivity index (χ3v) is 6.48. The summed E-state index contributed by atoms with van der Waals surface area (Å²) in [6.07, 6.45) is 7.60. The highest BCUT2D eigenvalue weighted by Crippen LogP contribution is 2.29. The summed E-state index contributed by atoms with van der Waals surface area (Å²) < 4.78 is 16.0. The summed E-state index contributed by atoms with van der Waals surface area (Å²) in [6, 6.07) is 4.80. The van der Waals surface area contributed by atoms with Crippen LogP contribution >= 0.6 is 0 Å². The highest BCUT2D eigenvalue weighted by atomic mass is 19.1. The maximum Gasteiger partial charge on any atom is 0.227 e. The second-order valence-electron chi connectivity index (χ2n) is 8.57. The van der Waals surface area contributed by atoms with E-state index >= 15 is 0 Å². The molecule has 0 spiro atoms. The van der Waals surface area contributed by atoms with Crippen molar-refractivity contribution >= 4 is 28.6 Å². The number of aromatic nitrogens is 4. The van der Waals surface area contributed by atoms with Gasteiger partial charge in [-0.05, 0) is 50.3 Å². The first-order valence-electron chi connectivity index (χ1n) is 11.1. The Morgan fingerprint density at radius 1 is 1.13 bits per heavy atom. The third kappa shape index (κ3) is 3.86. The molecule has 0 atom stereocenters. The lowest BCUT2D eigenvalue weighted by molar-refractivity contribution is -0.120. The smallest absolute Gasteiger partial charge is 0.227 e. The summed E-state index contributed by atoms with van der Waals surface area (Å²) >= 11 is 0. The number of amides is 1. The first-order valence-corrected chi connectivity index (χ1v) is 11.1. The van der Waals surface area contributed by atoms with Crippen molar-refractivity contribution in [2.75, 3.05) is 23.3 Å². The van der Waals surface area contributed by atoms with Crippen LogP contribution in [0.25, 0.3) is 11.2 Å². The maximum atomic E-state index is 13.8. The molecule has 2 aromatic heterocycles. The Labute approximate surface area is 180 Å². The van der Waals surface area contributed by atoms with Crippen LogP contribution in [0.5, 0.6) is 0 Å². The minimum Gasteiger partial charge on any atom is -0.355 e. The van der Waals surface area contributed by atoms with E-state index in [9.17, 15) is 9.18 Å². The molecule has 1 aromatic carbocycles. The monoisotopic (exact) mass is 422 g/mol. The molecule has 0 saturated carbocycles. The van der Waals surface area contributed by atoms with Crippen molar-refractivity contribution in [2.45, 2.75) is 52.0 Å². The van der Waals surface area contributed by atoms with Crippen LogP contribution in [0.4, 0.5) is 15.9 Å². The largest absolute Gasteiger partial charge is 0.355 e. The van der Waals surface area contributed by atoms with Crippen molar-refractivity contribution in [3.05, 3.63) is 41.7 Å². The molecule has 1 saturated heterocycles. The second-order valence-corrected chi connectivity index (χ2v) is 8.57. The number of rotatable bonds is 3. The molecule has 0 bridgehead atoms. The molecule has 5 rings (SSSR count). The quantitative estimate of drug-likeness (QED) is 0.694. The number of hydrogen-bond acceptors (Lipinski definition) is 5. The number of aryl methyl sites for hydroxylation is 3. The minimum atomic E-state index is -0.307. The Bertz CT molecular complexity index is 1120. The number of piperidine rings is 1. The van der Waals surface area contributed by atoms with E-state index < -0.39 is 0 Å². The highest BCUT2D eigenvalue weighted by molar-refractivity contribution is 5.93. The summed E-state index contributed by atoms with van der Waals surface area (Å²) in [5, 5.41) is 2.86. The van der Waals surface area contributed by atoms with E-state index in [-0.39, 0.29) is 17.6 Å². The highest BCUT2D eigenvalue weighted by Gasteiger charge is 2.28. The van der Waals surface area contributed by atoms with Gasteiger partial charge >= 0.3 is 0 Å². The van der Waals surface area contributed by atoms with Gasteiger partial charge in [0.15, 0.2) is 17.0 Å². The molecular weight excluding hydrogens is 395 g/mol. The van der Waals surface area contributed by atoms with E-state index in [1.807, 2.05) is 0 Å². The number of hydrogen-bond donors (Lipinski definition) is 1. The van der Waals surface area contributed by atoms with Crippen LogP contribution < -0.4 is 10.2 Å². The van der Waals surface area contributed by atoms with Gasteiger partial charge in [0.05, 0.1) is 0 Å². The zero-order chi connectivity index (χ0) is 21.4. The molecule has 2 aliphatic heterocycles. The zero-order valence-corrected chi connectivity index (χ0v) is 17.8. The Hall–Kier alpha value is -3.03. The summed E-state index contributed by atoms with van der Waals surface area (Å²) in [5.41, 5.74) is 2.87. The molecule has 0 radical (unpaired) electrons. The van der Waals surface area contributed by atoms with Gasteiger partial charge in [-0.25, -0.2) is 19.3 Å². The number of fused-ring (bicyclic) bond motifs is 3. The molecular formula is C23H27FN6O. The molecule has 1 fully saturated rings. The summed E-state index contributed by atoms with van der Waals surface area (Å²) in [7, 11) is 0. The standard InChI is InChI=1S/C23H27FN6O/c1-15-6-7-17(13-18(15)24)27-23(31)16-8-11-29(12-9-16)21-20-22(26-14-25-21)30-10-4-2-3-5-19(30)28-20/h6-7,13-14,16H,2-5,8-12H2,1H3,(H,27,31). The van der Waals surface area contributed by atoms with Crippen LogP contribution in [0.1, 0.15) is 43.5 Å². The normalized spacial score (nSPS) is 17.4. The number of carbonyl (C=O) groups is 1. The van der Waals surface area contributed by atoms with Crippen molar-refractivity contribution in [1.29, 1.82) is 0 Å². The molecule has 3 aromatic rings. The number of nitrogens with one attached hydrogen (secondary N) is 1. The number of halogens is 1. The number of nitrogens with zero attached hydrogens (tertiary/aromatic N) is 5. The average Bonchev–Trinajstić information content (AvgIpc) is 2.97. The van der Waals surface area contributed by atoms with E-state index in [1.54, 1.807) is 25.4 Å². The minimum absolute atomic E-state index is 0.0514.